The van der Waals surface area contributed by atoms with Crippen LogP contribution >= 0.6 is 0 Å². The van der Waals surface area contributed by atoms with Gasteiger partial charge in [-0.1, -0.05) is 147 Å². The van der Waals surface area contributed by atoms with Gasteiger partial charge >= 0.3 is 0 Å². The van der Waals surface area contributed by atoms with Gasteiger partial charge in [0.25, 0.3) is 0 Å². The van der Waals surface area contributed by atoms with Crippen molar-refractivity contribution in [2.75, 3.05) is 0 Å². The van der Waals surface area contributed by atoms with E-state index >= 15 is 0 Å². The molecule has 0 radical (unpaired) electrons. The van der Waals surface area contributed by atoms with Crippen molar-refractivity contribution in [2.45, 2.75) is 19.1 Å². The van der Waals surface area contributed by atoms with Gasteiger partial charge in [0, 0.05) is 35.5 Å². The Bertz CT molecular complexity index is 3200. The van der Waals surface area contributed by atoms with E-state index in [1.165, 1.54) is 0 Å². The second kappa shape index (κ2) is 10.1. The maximum Gasteiger partial charge on any atom is 0.238 e. The molecule has 0 fully saturated rings. The Labute approximate surface area is 290 Å². The average Bonchev–Trinajstić information content (AvgIpc) is 3.79. The number of para-hydroxylation sites is 1. The van der Waals surface area contributed by atoms with E-state index in [0.717, 1.165) is 15.7 Å². The molecule has 0 saturated carbocycles. The SMILES string of the molecule is [2H]c1c([2H])c([2H])c2c(c1[2H])-c1c([2H])c([2H])c3c4c([2H])c([2H])c([2H])c([2H])c4n(-c4nc(-c5ccccc5)nc(-c5cccc(-c6ccccc6)c5)n4)c3c1C2(C([2H])([2H])[2H])C([2H])([2H])[2H]. The molecule has 4 nitrogen and oxygen atoms in total. The molecule has 0 bridgehead atoms. The fourth-order valence-electron chi connectivity index (χ4n) is 6.10. The van der Waals surface area contributed by atoms with Crippen molar-refractivity contribution in [3.05, 3.63) is 156 Å². The van der Waals surface area contributed by atoms with Crippen molar-refractivity contribution in [1.29, 1.82) is 0 Å². The van der Waals surface area contributed by atoms with Gasteiger partial charge in [0.05, 0.1) is 24.7 Å². The highest BCUT2D eigenvalue weighted by molar-refractivity contribution is 6.13. The Morgan fingerprint density at radius 1 is 0.587 bits per heavy atom. The lowest BCUT2D eigenvalue weighted by atomic mass is 9.81. The molecule has 218 valence electrons. The molecule has 0 aliphatic heterocycles. The second-order valence-electron chi connectivity index (χ2n) is 10.9. The van der Waals surface area contributed by atoms with E-state index < -0.39 is 113 Å². The Kier molecular flexibility index (Phi) is 3.27. The Balaban J connectivity index is 1.56. The summed E-state index contributed by atoms with van der Waals surface area (Å²) in [5.74, 6) is -0.292. The summed E-state index contributed by atoms with van der Waals surface area (Å²) in [5.41, 5.74) is -4.39. The van der Waals surface area contributed by atoms with Crippen LogP contribution < -0.4 is 0 Å². The molecule has 2 aromatic heterocycles. The number of nitrogens with zero attached hydrogens (tertiary/aromatic N) is 4. The summed E-state index contributed by atoms with van der Waals surface area (Å²) < 4.78 is 145. The van der Waals surface area contributed by atoms with Crippen molar-refractivity contribution < 1.29 is 21.9 Å². The molecule has 1 aliphatic rings. The van der Waals surface area contributed by atoms with E-state index in [1.807, 2.05) is 42.5 Å². The van der Waals surface area contributed by atoms with Crippen LogP contribution in [0.1, 0.15) is 46.8 Å². The van der Waals surface area contributed by atoms with Gasteiger partial charge in [0.2, 0.25) is 5.95 Å². The molecular formula is C42H30N4. The van der Waals surface area contributed by atoms with Crippen LogP contribution in [0.5, 0.6) is 0 Å². The van der Waals surface area contributed by atoms with Gasteiger partial charge in [0.15, 0.2) is 11.6 Å². The largest absolute Gasteiger partial charge is 0.277 e. The van der Waals surface area contributed by atoms with Crippen LogP contribution in [0.4, 0.5) is 0 Å². The first-order valence-corrected chi connectivity index (χ1v) is 14.4. The number of benzene rings is 6. The molecule has 1 aliphatic carbocycles. The summed E-state index contributed by atoms with van der Waals surface area (Å²) in [5, 5.41) is -0.812. The van der Waals surface area contributed by atoms with Gasteiger partial charge in [-0.05, 0) is 45.5 Å². The van der Waals surface area contributed by atoms with Crippen molar-refractivity contribution in [1.82, 2.24) is 19.5 Å². The number of hydrogen-bond donors (Lipinski definition) is 0. The average molecular weight is 607 g/mol. The first-order chi connectivity index (χ1) is 29.2. The van der Waals surface area contributed by atoms with Gasteiger partial charge in [0.1, 0.15) is 0 Å². The fraction of sp³-hybridized carbons (Fsp3) is 0.0714. The predicted octanol–water partition coefficient (Wildman–Crippen LogP) is 10.3. The van der Waals surface area contributed by atoms with Gasteiger partial charge in [-0.15, -0.1) is 0 Å². The van der Waals surface area contributed by atoms with Crippen molar-refractivity contribution >= 4 is 21.8 Å². The van der Waals surface area contributed by atoms with Crippen molar-refractivity contribution in [2.24, 2.45) is 0 Å². The van der Waals surface area contributed by atoms with Crippen LogP contribution in [-0.4, -0.2) is 19.5 Å². The molecule has 46 heavy (non-hydrogen) atoms. The van der Waals surface area contributed by atoms with Gasteiger partial charge in [-0.3, -0.25) is 4.57 Å². The van der Waals surface area contributed by atoms with E-state index in [1.54, 1.807) is 42.5 Å². The van der Waals surface area contributed by atoms with Gasteiger partial charge in [-0.25, -0.2) is 4.98 Å². The number of fused-ring (bicyclic) bond motifs is 7. The van der Waals surface area contributed by atoms with Crippen molar-refractivity contribution in [3.8, 4) is 51.0 Å². The topological polar surface area (TPSA) is 43.6 Å². The molecule has 0 atom stereocenters. The van der Waals surface area contributed by atoms with Gasteiger partial charge < -0.3 is 0 Å². The monoisotopic (exact) mass is 606 g/mol. The molecule has 9 rings (SSSR count). The number of aromatic nitrogens is 4. The summed E-state index contributed by atoms with van der Waals surface area (Å²) in [6.45, 7) is -7.35. The smallest absolute Gasteiger partial charge is 0.238 e. The highest BCUT2D eigenvalue weighted by atomic mass is 15.2. The molecule has 2 heterocycles. The predicted molar refractivity (Wildman–Crippen MR) is 188 cm³/mol. The lowest BCUT2D eigenvalue weighted by molar-refractivity contribution is 0.663. The van der Waals surface area contributed by atoms with Crippen LogP contribution in [0.15, 0.2) is 145 Å². The third kappa shape index (κ3) is 3.97. The Morgan fingerprint density at radius 3 is 2.07 bits per heavy atom. The zero-order valence-electron chi connectivity index (χ0n) is 39.9. The summed E-state index contributed by atoms with van der Waals surface area (Å²) in [6, 6.07) is 17.3. The molecule has 0 spiro atoms. The Hall–Kier alpha value is -5.87. The minimum atomic E-state index is -3.67. The molecule has 0 amide bonds. The van der Waals surface area contributed by atoms with E-state index in [0.29, 0.717) is 11.1 Å². The van der Waals surface area contributed by atoms with E-state index in [-0.39, 0.29) is 28.5 Å². The maximum atomic E-state index is 9.49. The number of hydrogen-bond acceptors (Lipinski definition) is 3. The minimum absolute atomic E-state index is 0.0445. The first-order valence-electron chi connectivity index (χ1n) is 22.4. The highest BCUT2D eigenvalue weighted by Crippen LogP contribution is 2.52. The summed E-state index contributed by atoms with van der Waals surface area (Å²) in [4.78, 5) is 14.5. The molecule has 6 aromatic carbocycles. The quantitative estimate of drug-likeness (QED) is 0.200. The summed E-state index contributed by atoms with van der Waals surface area (Å²) >= 11 is 0. The van der Waals surface area contributed by atoms with Crippen LogP contribution in [0, 0.1) is 0 Å². The zero-order valence-corrected chi connectivity index (χ0v) is 23.9. The lowest BCUT2D eigenvalue weighted by Gasteiger charge is -2.23. The third-order valence-electron chi connectivity index (χ3n) is 8.17. The van der Waals surface area contributed by atoms with Crippen LogP contribution in [-0.2, 0) is 5.41 Å². The van der Waals surface area contributed by atoms with Crippen molar-refractivity contribution in [3.63, 3.8) is 0 Å². The van der Waals surface area contributed by atoms with E-state index in [4.69, 9.17) is 31.4 Å². The minimum Gasteiger partial charge on any atom is -0.277 e. The number of rotatable bonds is 4. The Morgan fingerprint density at radius 2 is 1.26 bits per heavy atom. The van der Waals surface area contributed by atoms with E-state index in [2.05, 4.69) is 0 Å². The molecule has 0 unspecified atom stereocenters. The highest BCUT2D eigenvalue weighted by Gasteiger charge is 2.38. The summed E-state index contributed by atoms with van der Waals surface area (Å²) in [7, 11) is 0. The standard InChI is InChI=1S/C42H30N4/c1-42(2)35-22-11-9-20-31(35)33-24-25-34-32-21-10-12-23-36(32)46(38(34)37(33)42)41-44-39(28-16-7-4-8-17-28)43-40(45-41)30-19-13-18-29(26-30)27-14-5-3-6-15-27/h3-26H,1-2H3/i1D3,2D3,9D,10D,11D,12D,20D,21D,22D,23D,24D,25D. The molecule has 8 aromatic rings. The maximum absolute atomic E-state index is 9.49. The molecule has 0 saturated heterocycles. The van der Waals surface area contributed by atoms with Crippen LogP contribution in [0.3, 0.4) is 0 Å². The zero-order chi connectivity index (χ0) is 44.5. The molecular weight excluding hydrogens is 560 g/mol. The molecule has 4 heteroatoms. The third-order valence-corrected chi connectivity index (χ3v) is 8.17. The summed E-state index contributed by atoms with van der Waals surface area (Å²) in [6.07, 6.45) is 0. The van der Waals surface area contributed by atoms with Crippen LogP contribution in [0.2, 0.25) is 0 Å². The van der Waals surface area contributed by atoms with E-state index in [9.17, 15) is 5.48 Å². The lowest BCUT2D eigenvalue weighted by Crippen LogP contribution is -2.17. The second-order valence-corrected chi connectivity index (χ2v) is 10.9. The van der Waals surface area contributed by atoms with Gasteiger partial charge in [-0.2, -0.15) is 9.97 Å². The normalized spacial score (nSPS) is 18.7. The van der Waals surface area contributed by atoms with Crippen LogP contribution in [0.25, 0.3) is 72.8 Å². The fourth-order valence-corrected chi connectivity index (χ4v) is 6.10. The molecule has 0 N–H and O–H groups in total. The first kappa shape index (κ1) is 14.9.